The maximum Gasteiger partial charge on any atom is 0.253 e. The van der Waals surface area contributed by atoms with Crippen molar-refractivity contribution in [2.75, 3.05) is 26.7 Å². The summed E-state index contributed by atoms with van der Waals surface area (Å²) in [6.07, 6.45) is 6.72. The summed E-state index contributed by atoms with van der Waals surface area (Å²) in [4.78, 5) is 23.1. The molecule has 1 amide bonds. The van der Waals surface area contributed by atoms with Gasteiger partial charge in [0.05, 0.1) is 11.0 Å². The highest BCUT2D eigenvalue weighted by molar-refractivity contribution is 5.97. The number of aromatic nitrogens is 2. The fourth-order valence-corrected chi connectivity index (χ4v) is 3.05. The minimum atomic E-state index is 0.111. The molecule has 2 aromatic rings. The van der Waals surface area contributed by atoms with Crippen molar-refractivity contribution in [1.82, 2.24) is 20.2 Å². The Morgan fingerprint density at radius 3 is 2.68 bits per heavy atom. The number of likely N-dealkylation sites (tertiary alicyclic amines) is 1. The normalized spacial score (nSPS) is 16.1. The van der Waals surface area contributed by atoms with Crippen LogP contribution in [0.25, 0.3) is 11.0 Å². The monoisotopic (exact) mass is 298 g/mol. The van der Waals surface area contributed by atoms with Gasteiger partial charge in [0.1, 0.15) is 0 Å². The molecule has 0 radical (unpaired) electrons. The molecule has 3 rings (SSSR count). The number of nitrogens with one attached hydrogen (secondary N) is 1. The van der Waals surface area contributed by atoms with Gasteiger partial charge in [0.25, 0.3) is 5.91 Å². The summed E-state index contributed by atoms with van der Waals surface area (Å²) in [5.74, 6) is 0.846. The van der Waals surface area contributed by atoms with E-state index in [2.05, 4.69) is 15.3 Å². The Labute approximate surface area is 130 Å². The first-order valence-electron chi connectivity index (χ1n) is 7.92. The molecule has 1 saturated heterocycles. The molecule has 0 atom stereocenters. The third-order valence-electron chi connectivity index (χ3n) is 4.42. The minimum Gasteiger partial charge on any atom is -0.339 e. The van der Waals surface area contributed by atoms with E-state index < -0.39 is 0 Å². The van der Waals surface area contributed by atoms with Crippen LogP contribution in [-0.4, -0.2) is 47.5 Å². The molecule has 1 aliphatic heterocycles. The number of carbonyl (C=O) groups excluding carboxylic acids is 1. The second kappa shape index (κ2) is 6.83. The molecule has 1 aliphatic rings. The number of nitrogens with zero attached hydrogens (tertiary/aromatic N) is 3. The summed E-state index contributed by atoms with van der Waals surface area (Å²) < 4.78 is 0. The molecular formula is C17H22N4O. The summed E-state index contributed by atoms with van der Waals surface area (Å²) in [7, 11) is 1.99. The van der Waals surface area contributed by atoms with Crippen molar-refractivity contribution in [2.45, 2.75) is 19.3 Å². The van der Waals surface area contributed by atoms with Gasteiger partial charge in [-0.05, 0) is 57.0 Å². The Bertz CT molecular complexity index is 650. The molecule has 1 fully saturated rings. The van der Waals surface area contributed by atoms with E-state index in [9.17, 15) is 4.79 Å². The van der Waals surface area contributed by atoms with Crippen LogP contribution in [0.4, 0.5) is 0 Å². The SMILES string of the molecule is CNCCC1CCN(C(=O)c2ccc3nccnc3c2)CC1. The summed E-state index contributed by atoms with van der Waals surface area (Å²) in [5.41, 5.74) is 2.31. The van der Waals surface area contributed by atoms with Crippen LogP contribution in [0.1, 0.15) is 29.6 Å². The van der Waals surface area contributed by atoms with E-state index in [4.69, 9.17) is 0 Å². The first kappa shape index (κ1) is 14.9. The van der Waals surface area contributed by atoms with Crippen LogP contribution < -0.4 is 5.32 Å². The average molecular weight is 298 g/mol. The van der Waals surface area contributed by atoms with E-state index in [-0.39, 0.29) is 5.91 Å². The van der Waals surface area contributed by atoms with Gasteiger partial charge in [0.2, 0.25) is 0 Å². The number of fused-ring (bicyclic) bond motifs is 1. The van der Waals surface area contributed by atoms with Gasteiger partial charge >= 0.3 is 0 Å². The zero-order chi connectivity index (χ0) is 15.4. The van der Waals surface area contributed by atoms with Gasteiger partial charge in [-0.3, -0.25) is 14.8 Å². The van der Waals surface area contributed by atoms with Gasteiger partial charge in [0.15, 0.2) is 0 Å². The standard InChI is InChI=1S/C17H22N4O/c1-18-7-4-13-5-10-21(11-6-13)17(22)14-2-3-15-16(12-14)20-9-8-19-15/h2-3,8-9,12-13,18H,4-7,10-11H2,1H3. The van der Waals surface area contributed by atoms with E-state index >= 15 is 0 Å². The maximum absolute atomic E-state index is 12.6. The first-order valence-corrected chi connectivity index (χ1v) is 7.92. The minimum absolute atomic E-state index is 0.111. The molecule has 1 aromatic heterocycles. The highest BCUT2D eigenvalue weighted by atomic mass is 16.2. The Balaban J connectivity index is 1.66. The molecule has 0 saturated carbocycles. The fourth-order valence-electron chi connectivity index (χ4n) is 3.05. The summed E-state index contributed by atoms with van der Waals surface area (Å²) in [6, 6.07) is 5.57. The lowest BCUT2D eigenvalue weighted by Crippen LogP contribution is -2.38. The van der Waals surface area contributed by atoms with Crippen LogP contribution in [0, 0.1) is 5.92 Å². The van der Waals surface area contributed by atoms with Crippen LogP contribution in [-0.2, 0) is 0 Å². The van der Waals surface area contributed by atoms with Crippen molar-refractivity contribution in [3.8, 4) is 0 Å². The summed E-state index contributed by atoms with van der Waals surface area (Å²) in [6.45, 7) is 2.76. The lowest BCUT2D eigenvalue weighted by atomic mass is 9.93. The second-order valence-corrected chi connectivity index (χ2v) is 5.89. The van der Waals surface area contributed by atoms with Gasteiger partial charge in [-0.15, -0.1) is 0 Å². The zero-order valence-electron chi connectivity index (χ0n) is 13.0. The van der Waals surface area contributed by atoms with E-state index in [1.165, 1.54) is 6.42 Å². The third kappa shape index (κ3) is 3.25. The number of amides is 1. The van der Waals surface area contributed by atoms with Gasteiger partial charge in [0, 0.05) is 31.0 Å². The van der Waals surface area contributed by atoms with Crippen molar-refractivity contribution >= 4 is 16.9 Å². The van der Waals surface area contributed by atoms with Gasteiger partial charge in [-0.2, -0.15) is 0 Å². The molecule has 2 heterocycles. The van der Waals surface area contributed by atoms with Gasteiger partial charge < -0.3 is 10.2 Å². The van der Waals surface area contributed by atoms with Crippen LogP contribution in [0.5, 0.6) is 0 Å². The Morgan fingerprint density at radius 2 is 1.95 bits per heavy atom. The molecule has 0 aliphatic carbocycles. The Hall–Kier alpha value is -2.01. The number of piperidine rings is 1. The molecule has 22 heavy (non-hydrogen) atoms. The molecule has 116 valence electrons. The summed E-state index contributed by atoms with van der Waals surface area (Å²) >= 11 is 0. The Kier molecular flexibility index (Phi) is 4.63. The van der Waals surface area contributed by atoms with Crippen molar-refractivity contribution < 1.29 is 4.79 Å². The predicted molar refractivity (Wildman–Crippen MR) is 86.7 cm³/mol. The van der Waals surface area contributed by atoms with Crippen molar-refractivity contribution in [2.24, 2.45) is 5.92 Å². The molecular weight excluding hydrogens is 276 g/mol. The number of rotatable bonds is 4. The molecule has 1 aromatic carbocycles. The number of hydrogen-bond acceptors (Lipinski definition) is 4. The first-order chi connectivity index (χ1) is 10.8. The highest BCUT2D eigenvalue weighted by Crippen LogP contribution is 2.22. The number of hydrogen-bond donors (Lipinski definition) is 1. The van der Waals surface area contributed by atoms with Crippen LogP contribution >= 0.6 is 0 Å². The van der Waals surface area contributed by atoms with Crippen molar-refractivity contribution in [1.29, 1.82) is 0 Å². The van der Waals surface area contributed by atoms with E-state index in [1.54, 1.807) is 12.4 Å². The average Bonchev–Trinajstić information content (AvgIpc) is 2.59. The van der Waals surface area contributed by atoms with Gasteiger partial charge in [-0.25, -0.2) is 0 Å². The van der Waals surface area contributed by atoms with Crippen LogP contribution in [0.3, 0.4) is 0 Å². The van der Waals surface area contributed by atoms with E-state index in [0.29, 0.717) is 5.56 Å². The van der Waals surface area contributed by atoms with Crippen LogP contribution in [0.2, 0.25) is 0 Å². The molecule has 1 N–H and O–H groups in total. The molecule has 5 heteroatoms. The Morgan fingerprint density at radius 1 is 1.23 bits per heavy atom. The quantitative estimate of drug-likeness (QED) is 0.939. The maximum atomic E-state index is 12.6. The zero-order valence-corrected chi connectivity index (χ0v) is 13.0. The largest absolute Gasteiger partial charge is 0.339 e. The van der Waals surface area contributed by atoms with Crippen LogP contribution in [0.15, 0.2) is 30.6 Å². The van der Waals surface area contributed by atoms with Crippen molar-refractivity contribution in [3.05, 3.63) is 36.2 Å². The number of carbonyl (C=O) groups is 1. The molecule has 0 spiro atoms. The summed E-state index contributed by atoms with van der Waals surface area (Å²) in [5, 5.41) is 3.20. The lowest BCUT2D eigenvalue weighted by molar-refractivity contribution is 0.0687. The smallest absolute Gasteiger partial charge is 0.253 e. The predicted octanol–water partition coefficient (Wildman–Crippen LogP) is 2.09. The highest BCUT2D eigenvalue weighted by Gasteiger charge is 2.23. The third-order valence-corrected chi connectivity index (χ3v) is 4.42. The fraction of sp³-hybridized carbons (Fsp3) is 0.471. The molecule has 0 bridgehead atoms. The number of benzene rings is 1. The van der Waals surface area contributed by atoms with Gasteiger partial charge in [-0.1, -0.05) is 0 Å². The topological polar surface area (TPSA) is 58.1 Å². The molecule has 0 unspecified atom stereocenters. The van der Waals surface area contributed by atoms with E-state index in [1.807, 2.05) is 30.1 Å². The molecule has 5 nitrogen and oxygen atoms in total. The second-order valence-electron chi connectivity index (χ2n) is 5.89. The van der Waals surface area contributed by atoms with Crippen molar-refractivity contribution in [3.63, 3.8) is 0 Å². The lowest BCUT2D eigenvalue weighted by Gasteiger charge is -2.32. The van der Waals surface area contributed by atoms with E-state index in [0.717, 1.165) is 49.4 Å².